The minimum absolute atomic E-state index is 0.0530. The molecule has 1 N–H and O–H groups in total. The van der Waals surface area contributed by atoms with Gasteiger partial charge in [0.05, 0.1) is 16.7 Å². The predicted octanol–water partition coefficient (Wildman–Crippen LogP) is 6.03. The van der Waals surface area contributed by atoms with Crippen LogP contribution in [0.3, 0.4) is 0 Å². The number of amides is 1. The molecule has 7 heteroatoms. The Morgan fingerprint density at radius 3 is 2.62 bits per heavy atom. The van der Waals surface area contributed by atoms with Gasteiger partial charge in [-0.1, -0.05) is 72.3 Å². The number of para-hydroxylation sites is 1. The SMILES string of the molecule is O=C1N[C@]2(Oc3ccccc3[C@H]3CC(c4ccccc4)=NN32)/C(=C/c2ccc(Cl)cc2)S1. The molecule has 1 amide bonds. The van der Waals surface area contributed by atoms with Crippen molar-refractivity contribution < 1.29 is 9.53 Å². The number of nitrogens with one attached hydrogen (secondary N) is 1. The number of benzene rings is 3. The molecule has 3 aromatic rings. The van der Waals surface area contributed by atoms with Crippen LogP contribution in [0.4, 0.5) is 4.79 Å². The maximum absolute atomic E-state index is 12.7. The molecule has 1 spiro atoms. The number of carbonyl (C=O) groups excluding carboxylic acids is 1. The lowest BCUT2D eigenvalue weighted by molar-refractivity contribution is -0.0949. The number of halogens is 1. The Labute approximate surface area is 194 Å². The zero-order chi connectivity index (χ0) is 21.7. The Hall–Kier alpha value is -3.22. The van der Waals surface area contributed by atoms with Gasteiger partial charge >= 0.3 is 5.85 Å². The van der Waals surface area contributed by atoms with Crippen LogP contribution in [0.25, 0.3) is 6.08 Å². The first kappa shape index (κ1) is 19.5. The number of hydrogen-bond donors (Lipinski definition) is 1. The number of nitrogens with zero attached hydrogens (tertiary/aromatic N) is 2. The molecule has 0 unspecified atom stereocenters. The average molecular weight is 460 g/mol. The van der Waals surface area contributed by atoms with Crippen molar-refractivity contribution in [3.8, 4) is 5.75 Å². The fourth-order valence-corrected chi connectivity index (χ4v) is 5.42. The van der Waals surface area contributed by atoms with Crippen molar-refractivity contribution in [2.45, 2.75) is 18.3 Å². The zero-order valence-corrected chi connectivity index (χ0v) is 18.4. The maximum atomic E-state index is 12.7. The molecule has 3 aromatic carbocycles. The van der Waals surface area contributed by atoms with E-state index in [0.717, 1.165) is 51.2 Å². The largest absolute Gasteiger partial charge is 0.444 e. The van der Waals surface area contributed by atoms with Gasteiger partial charge in [0.2, 0.25) is 0 Å². The molecule has 3 aliphatic heterocycles. The zero-order valence-electron chi connectivity index (χ0n) is 16.9. The Morgan fingerprint density at radius 1 is 1.06 bits per heavy atom. The van der Waals surface area contributed by atoms with Crippen LogP contribution in [-0.2, 0) is 0 Å². The smallest absolute Gasteiger partial charge is 0.314 e. The van der Waals surface area contributed by atoms with E-state index < -0.39 is 5.85 Å². The number of hydrazone groups is 1. The highest BCUT2D eigenvalue weighted by molar-refractivity contribution is 8.17. The molecule has 1 saturated heterocycles. The highest BCUT2D eigenvalue weighted by Crippen LogP contribution is 2.52. The van der Waals surface area contributed by atoms with Gasteiger partial charge in [-0.05, 0) is 47.2 Å². The Morgan fingerprint density at radius 2 is 1.81 bits per heavy atom. The Balaban J connectivity index is 1.51. The lowest BCUT2D eigenvalue weighted by Crippen LogP contribution is -2.61. The van der Waals surface area contributed by atoms with Gasteiger partial charge in [-0.15, -0.1) is 0 Å². The summed E-state index contributed by atoms with van der Waals surface area (Å²) < 4.78 is 6.53. The van der Waals surface area contributed by atoms with Crippen molar-refractivity contribution in [2.24, 2.45) is 5.10 Å². The van der Waals surface area contributed by atoms with Crippen molar-refractivity contribution in [1.82, 2.24) is 10.3 Å². The third-order valence-corrected chi connectivity index (χ3v) is 7.01. The third kappa shape index (κ3) is 3.10. The standard InChI is InChI=1S/C25H18ClN3O2S/c26-18-12-10-16(11-13-18)14-23-25(27-24(30)32-23)29-21(19-8-4-5-9-22(19)31-25)15-20(28-29)17-6-2-1-3-7-17/h1-14,21H,15H2,(H,27,30)/b23-14-/t21-,25-/m1/s1. The van der Waals surface area contributed by atoms with Crippen molar-refractivity contribution >= 4 is 40.4 Å². The van der Waals surface area contributed by atoms with E-state index in [0.29, 0.717) is 5.02 Å². The molecular weight excluding hydrogens is 442 g/mol. The van der Waals surface area contributed by atoms with E-state index in [4.69, 9.17) is 21.4 Å². The summed E-state index contributed by atoms with van der Waals surface area (Å²) in [6.07, 6.45) is 2.68. The van der Waals surface area contributed by atoms with Crippen LogP contribution in [0.2, 0.25) is 5.02 Å². The first-order valence-corrected chi connectivity index (χ1v) is 11.5. The monoisotopic (exact) mass is 459 g/mol. The van der Waals surface area contributed by atoms with Crippen LogP contribution >= 0.6 is 23.4 Å². The van der Waals surface area contributed by atoms with Gasteiger partial charge in [0.1, 0.15) is 5.75 Å². The highest BCUT2D eigenvalue weighted by Gasteiger charge is 2.58. The van der Waals surface area contributed by atoms with Crippen molar-refractivity contribution in [3.63, 3.8) is 0 Å². The number of thioether (sulfide) groups is 1. The second kappa shape index (κ2) is 7.43. The molecule has 2 atom stereocenters. The van der Waals surface area contributed by atoms with Gasteiger partial charge in [0, 0.05) is 17.0 Å². The molecule has 5 nitrogen and oxygen atoms in total. The number of ether oxygens (including phenoxy) is 1. The van der Waals surface area contributed by atoms with Gasteiger partial charge in [0.25, 0.3) is 5.24 Å². The van der Waals surface area contributed by atoms with E-state index in [1.807, 2.05) is 71.7 Å². The lowest BCUT2D eigenvalue weighted by atomic mass is 9.95. The van der Waals surface area contributed by atoms with Crippen LogP contribution in [0.15, 0.2) is 88.9 Å². The van der Waals surface area contributed by atoms with Gasteiger partial charge in [-0.3, -0.25) is 10.1 Å². The first-order chi connectivity index (χ1) is 15.6. The fraction of sp³-hybridized carbons (Fsp3) is 0.120. The number of rotatable bonds is 2. The summed E-state index contributed by atoms with van der Waals surface area (Å²) in [5.41, 5.74) is 4.02. The second-order valence-electron chi connectivity index (χ2n) is 7.84. The summed E-state index contributed by atoms with van der Waals surface area (Å²) in [4.78, 5) is 13.4. The molecule has 3 aliphatic rings. The average Bonchev–Trinajstić information content (AvgIpc) is 3.39. The summed E-state index contributed by atoms with van der Waals surface area (Å²) in [6, 6.07) is 25.5. The molecule has 0 radical (unpaired) electrons. The topological polar surface area (TPSA) is 53.9 Å². The predicted molar refractivity (Wildman–Crippen MR) is 128 cm³/mol. The second-order valence-corrected chi connectivity index (χ2v) is 9.29. The molecule has 0 bridgehead atoms. The molecule has 1 fully saturated rings. The minimum atomic E-state index is -1.20. The summed E-state index contributed by atoms with van der Waals surface area (Å²) in [5, 5.41) is 10.5. The summed E-state index contributed by atoms with van der Waals surface area (Å²) in [6.45, 7) is 0. The normalized spacial score (nSPS) is 24.7. The first-order valence-electron chi connectivity index (χ1n) is 10.3. The van der Waals surface area contributed by atoms with E-state index in [9.17, 15) is 4.79 Å². The molecule has 6 rings (SSSR count). The molecule has 3 heterocycles. The minimum Gasteiger partial charge on any atom is -0.444 e. The van der Waals surface area contributed by atoms with Gasteiger partial charge in [0.15, 0.2) is 0 Å². The maximum Gasteiger partial charge on any atom is 0.314 e. The van der Waals surface area contributed by atoms with Crippen molar-refractivity contribution in [1.29, 1.82) is 0 Å². The van der Waals surface area contributed by atoms with E-state index in [-0.39, 0.29) is 11.3 Å². The van der Waals surface area contributed by atoms with Crippen molar-refractivity contribution in [2.75, 3.05) is 0 Å². The fourth-order valence-electron chi connectivity index (χ4n) is 4.38. The molecule has 0 aromatic heterocycles. The summed E-state index contributed by atoms with van der Waals surface area (Å²) in [7, 11) is 0. The Bertz CT molecular complexity index is 1280. The van der Waals surface area contributed by atoms with Crippen LogP contribution in [0.1, 0.15) is 29.2 Å². The summed E-state index contributed by atoms with van der Waals surface area (Å²) in [5.74, 6) is -0.445. The molecule has 32 heavy (non-hydrogen) atoms. The van der Waals surface area contributed by atoms with E-state index >= 15 is 0 Å². The van der Waals surface area contributed by atoms with Gasteiger partial charge in [-0.2, -0.15) is 5.10 Å². The quantitative estimate of drug-likeness (QED) is 0.508. The van der Waals surface area contributed by atoms with Gasteiger partial charge < -0.3 is 4.74 Å². The van der Waals surface area contributed by atoms with Crippen LogP contribution in [0, 0.1) is 0 Å². The number of fused-ring (bicyclic) bond motifs is 4. The van der Waals surface area contributed by atoms with E-state index in [2.05, 4.69) is 23.5 Å². The molecular formula is C25H18ClN3O2S. The molecule has 158 valence electrons. The van der Waals surface area contributed by atoms with Crippen molar-refractivity contribution in [3.05, 3.63) is 105 Å². The van der Waals surface area contributed by atoms with Crippen LogP contribution < -0.4 is 10.1 Å². The Kier molecular flexibility index (Phi) is 4.52. The number of carbonyl (C=O) groups is 1. The van der Waals surface area contributed by atoms with Gasteiger partial charge in [-0.25, -0.2) is 5.01 Å². The molecule has 0 aliphatic carbocycles. The number of hydrogen-bond acceptors (Lipinski definition) is 5. The van der Waals surface area contributed by atoms with E-state index in [1.165, 1.54) is 0 Å². The van der Waals surface area contributed by atoms with Crippen LogP contribution in [-0.4, -0.2) is 21.8 Å². The van der Waals surface area contributed by atoms with E-state index in [1.54, 1.807) is 0 Å². The summed E-state index contributed by atoms with van der Waals surface area (Å²) >= 11 is 7.19. The van der Waals surface area contributed by atoms with Crippen LogP contribution in [0.5, 0.6) is 5.75 Å². The molecule has 0 saturated carbocycles. The lowest BCUT2D eigenvalue weighted by Gasteiger charge is -2.45. The highest BCUT2D eigenvalue weighted by atomic mass is 35.5. The third-order valence-electron chi connectivity index (χ3n) is 5.85.